The molecule has 3 heterocycles. The molecule has 0 radical (unpaired) electrons. The van der Waals surface area contributed by atoms with Crippen LogP contribution in [0.2, 0.25) is 0 Å². The third-order valence-corrected chi connectivity index (χ3v) is 4.36. The zero-order chi connectivity index (χ0) is 15.1. The predicted molar refractivity (Wildman–Crippen MR) is 81.7 cm³/mol. The first-order chi connectivity index (χ1) is 10.7. The van der Waals surface area contributed by atoms with Gasteiger partial charge < -0.3 is 4.90 Å². The summed E-state index contributed by atoms with van der Waals surface area (Å²) in [7, 11) is 0. The molecule has 1 aromatic carbocycles. The number of rotatable bonds is 0. The van der Waals surface area contributed by atoms with Crippen molar-refractivity contribution in [2.75, 3.05) is 13.1 Å². The molecule has 22 heavy (non-hydrogen) atoms. The Labute approximate surface area is 128 Å². The number of hydrogen-bond donors (Lipinski definition) is 0. The highest BCUT2D eigenvalue weighted by Crippen LogP contribution is 2.26. The van der Waals surface area contributed by atoms with Gasteiger partial charge in [-0.05, 0) is 44.4 Å². The average Bonchev–Trinajstić information content (AvgIpc) is 2.82. The van der Waals surface area contributed by atoms with E-state index in [2.05, 4.69) is 15.1 Å². The number of aromatic nitrogens is 3. The number of aliphatic imine (C=N–C) groups is 1. The number of likely N-dealkylation sites (tertiary alicyclic amines) is 1. The van der Waals surface area contributed by atoms with Crippen molar-refractivity contribution in [3.8, 4) is 5.69 Å². The molecule has 1 saturated heterocycles. The highest BCUT2D eigenvalue weighted by Gasteiger charge is 2.25. The number of nitrogens with zero attached hydrogens (tertiary/aromatic N) is 5. The second-order valence-electron chi connectivity index (χ2n) is 5.85. The SMILES string of the molecule is Cc1nnc2n1-c1ccc(F)cc1C(N1CCCCC1)=NC2. The van der Waals surface area contributed by atoms with E-state index in [1.54, 1.807) is 12.1 Å². The first kappa shape index (κ1) is 13.4. The van der Waals surface area contributed by atoms with Gasteiger partial charge in [-0.3, -0.25) is 9.56 Å². The number of piperidine rings is 1. The van der Waals surface area contributed by atoms with E-state index in [1.165, 1.54) is 12.5 Å². The maximum absolute atomic E-state index is 13.9. The van der Waals surface area contributed by atoms with E-state index >= 15 is 0 Å². The van der Waals surface area contributed by atoms with Crippen molar-refractivity contribution < 1.29 is 4.39 Å². The Morgan fingerprint density at radius 2 is 1.91 bits per heavy atom. The molecule has 4 rings (SSSR count). The van der Waals surface area contributed by atoms with E-state index in [9.17, 15) is 4.39 Å². The third-order valence-electron chi connectivity index (χ3n) is 4.36. The van der Waals surface area contributed by atoms with Crippen LogP contribution in [-0.2, 0) is 6.54 Å². The summed E-state index contributed by atoms with van der Waals surface area (Å²) in [5, 5.41) is 8.35. The van der Waals surface area contributed by atoms with Crippen LogP contribution in [0.4, 0.5) is 4.39 Å². The van der Waals surface area contributed by atoms with E-state index in [-0.39, 0.29) is 5.82 Å². The van der Waals surface area contributed by atoms with Crippen molar-refractivity contribution in [1.82, 2.24) is 19.7 Å². The Balaban J connectivity index is 1.89. The van der Waals surface area contributed by atoms with Crippen molar-refractivity contribution in [3.63, 3.8) is 0 Å². The molecular formula is C16H18FN5. The lowest BCUT2D eigenvalue weighted by molar-refractivity contribution is 0.342. The molecule has 0 aliphatic carbocycles. The van der Waals surface area contributed by atoms with Gasteiger partial charge in [0.2, 0.25) is 0 Å². The van der Waals surface area contributed by atoms with Crippen molar-refractivity contribution in [3.05, 3.63) is 41.2 Å². The van der Waals surface area contributed by atoms with Crippen LogP contribution in [0.3, 0.4) is 0 Å². The van der Waals surface area contributed by atoms with Gasteiger partial charge in [-0.1, -0.05) is 0 Å². The molecule has 0 spiro atoms. The minimum Gasteiger partial charge on any atom is -0.356 e. The van der Waals surface area contributed by atoms with Gasteiger partial charge in [-0.15, -0.1) is 10.2 Å². The van der Waals surface area contributed by atoms with Gasteiger partial charge in [0, 0.05) is 18.7 Å². The minimum atomic E-state index is -0.238. The van der Waals surface area contributed by atoms with Crippen LogP contribution in [0, 0.1) is 12.7 Å². The van der Waals surface area contributed by atoms with Crippen LogP contribution in [0.15, 0.2) is 23.2 Å². The maximum Gasteiger partial charge on any atom is 0.159 e. The quantitative estimate of drug-likeness (QED) is 0.750. The summed E-state index contributed by atoms with van der Waals surface area (Å²) in [4.78, 5) is 7.01. The summed E-state index contributed by atoms with van der Waals surface area (Å²) in [6.45, 7) is 4.35. The summed E-state index contributed by atoms with van der Waals surface area (Å²) in [6.07, 6.45) is 3.58. The largest absolute Gasteiger partial charge is 0.356 e. The second-order valence-corrected chi connectivity index (χ2v) is 5.85. The summed E-state index contributed by atoms with van der Waals surface area (Å²) in [5.74, 6) is 2.26. The average molecular weight is 299 g/mol. The molecule has 0 atom stereocenters. The second kappa shape index (κ2) is 5.19. The van der Waals surface area contributed by atoms with Gasteiger partial charge in [0.15, 0.2) is 5.82 Å². The monoisotopic (exact) mass is 299 g/mol. The fourth-order valence-corrected chi connectivity index (χ4v) is 3.31. The van der Waals surface area contributed by atoms with E-state index in [4.69, 9.17) is 4.99 Å². The summed E-state index contributed by atoms with van der Waals surface area (Å²) in [5.41, 5.74) is 1.75. The fourth-order valence-electron chi connectivity index (χ4n) is 3.31. The Kier molecular flexibility index (Phi) is 3.17. The molecular weight excluding hydrogens is 281 g/mol. The number of fused-ring (bicyclic) bond motifs is 3. The van der Waals surface area contributed by atoms with Crippen molar-refractivity contribution in [2.45, 2.75) is 32.7 Å². The first-order valence-corrected chi connectivity index (χ1v) is 7.74. The van der Waals surface area contributed by atoms with Gasteiger partial charge in [-0.2, -0.15) is 0 Å². The van der Waals surface area contributed by atoms with Crippen LogP contribution >= 0.6 is 0 Å². The molecule has 2 aliphatic heterocycles. The van der Waals surface area contributed by atoms with Crippen LogP contribution < -0.4 is 0 Å². The summed E-state index contributed by atoms with van der Waals surface area (Å²) in [6, 6.07) is 4.87. The third kappa shape index (κ3) is 2.10. The van der Waals surface area contributed by atoms with Crippen molar-refractivity contribution >= 4 is 5.84 Å². The highest BCUT2D eigenvalue weighted by molar-refractivity contribution is 6.02. The highest BCUT2D eigenvalue weighted by atomic mass is 19.1. The number of aryl methyl sites for hydroxylation is 1. The van der Waals surface area contributed by atoms with Crippen LogP contribution in [0.25, 0.3) is 5.69 Å². The van der Waals surface area contributed by atoms with Crippen molar-refractivity contribution in [2.24, 2.45) is 4.99 Å². The Hall–Kier alpha value is -2.24. The fraction of sp³-hybridized carbons (Fsp3) is 0.438. The molecule has 0 amide bonds. The Morgan fingerprint density at radius 1 is 1.09 bits per heavy atom. The predicted octanol–water partition coefficient (Wildman–Crippen LogP) is 2.46. The molecule has 2 aromatic rings. The summed E-state index contributed by atoms with van der Waals surface area (Å²) >= 11 is 0. The van der Waals surface area contributed by atoms with Crippen molar-refractivity contribution in [1.29, 1.82) is 0 Å². The zero-order valence-electron chi connectivity index (χ0n) is 12.6. The lowest BCUT2D eigenvalue weighted by Gasteiger charge is -2.30. The van der Waals surface area contributed by atoms with E-state index in [0.717, 1.165) is 54.7 Å². The Bertz CT molecular complexity index is 743. The standard InChI is InChI=1S/C16H18FN5/c1-11-19-20-15-10-18-16(21-7-3-2-4-8-21)13-9-12(17)5-6-14(13)22(11)15/h5-6,9H,2-4,7-8,10H2,1H3. The molecule has 0 unspecified atom stereocenters. The zero-order valence-corrected chi connectivity index (χ0v) is 12.6. The van der Waals surface area contributed by atoms with Gasteiger partial charge >= 0.3 is 0 Å². The van der Waals surface area contributed by atoms with Gasteiger partial charge in [0.1, 0.15) is 24.0 Å². The van der Waals surface area contributed by atoms with Gasteiger partial charge in [0.05, 0.1) is 5.69 Å². The maximum atomic E-state index is 13.9. The number of amidine groups is 1. The minimum absolute atomic E-state index is 0.238. The summed E-state index contributed by atoms with van der Waals surface area (Å²) < 4.78 is 15.8. The number of benzene rings is 1. The van der Waals surface area contributed by atoms with E-state index in [1.807, 2.05) is 11.5 Å². The van der Waals surface area contributed by atoms with Gasteiger partial charge in [-0.25, -0.2) is 4.39 Å². The van der Waals surface area contributed by atoms with Gasteiger partial charge in [0.25, 0.3) is 0 Å². The molecule has 114 valence electrons. The van der Waals surface area contributed by atoms with E-state index in [0.29, 0.717) is 6.54 Å². The molecule has 1 aromatic heterocycles. The Morgan fingerprint density at radius 3 is 2.73 bits per heavy atom. The molecule has 2 aliphatic rings. The normalized spacial score (nSPS) is 17.5. The van der Waals surface area contributed by atoms with Crippen LogP contribution in [-0.4, -0.2) is 38.6 Å². The van der Waals surface area contributed by atoms with Crippen LogP contribution in [0.5, 0.6) is 0 Å². The smallest absolute Gasteiger partial charge is 0.159 e. The molecule has 0 N–H and O–H groups in total. The molecule has 1 fully saturated rings. The lowest BCUT2D eigenvalue weighted by Crippen LogP contribution is -2.36. The molecule has 5 nitrogen and oxygen atoms in total. The van der Waals surface area contributed by atoms with E-state index < -0.39 is 0 Å². The first-order valence-electron chi connectivity index (χ1n) is 7.74. The number of halogens is 1. The topological polar surface area (TPSA) is 46.3 Å². The molecule has 0 bridgehead atoms. The molecule has 0 saturated carbocycles. The lowest BCUT2D eigenvalue weighted by atomic mass is 10.1. The molecule has 6 heteroatoms. The van der Waals surface area contributed by atoms with Crippen LogP contribution in [0.1, 0.15) is 36.5 Å². The number of hydrogen-bond acceptors (Lipinski definition) is 4.